The second-order valence-corrected chi connectivity index (χ2v) is 8.69. The van der Waals surface area contributed by atoms with E-state index in [-0.39, 0.29) is 5.91 Å². The monoisotopic (exact) mass is 443 g/mol. The van der Waals surface area contributed by atoms with Crippen LogP contribution in [0.4, 0.5) is 5.69 Å². The number of pyridine rings is 1. The van der Waals surface area contributed by atoms with E-state index in [0.717, 1.165) is 21.8 Å². The third-order valence-corrected chi connectivity index (χ3v) is 5.98. The van der Waals surface area contributed by atoms with Gasteiger partial charge in [-0.05, 0) is 54.8 Å². The summed E-state index contributed by atoms with van der Waals surface area (Å²) in [5.41, 5.74) is 4.79. The third kappa shape index (κ3) is 5.21. The van der Waals surface area contributed by atoms with Crippen LogP contribution in [0.3, 0.4) is 0 Å². The van der Waals surface area contributed by atoms with Gasteiger partial charge in [-0.2, -0.15) is 0 Å². The molecule has 1 atom stereocenters. The number of aromatic nitrogens is 2. The van der Waals surface area contributed by atoms with Gasteiger partial charge < -0.3 is 10.1 Å². The largest absolute Gasteiger partial charge is 0.481 e. The summed E-state index contributed by atoms with van der Waals surface area (Å²) in [6.07, 6.45) is 2.89. The topological polar surface area (TPSA) is 64.1 Å². The Kier molecular flexibility index (Phi) is 6.61. The zero-order chi connectivity index (χ0) is 22.5. The quantitative estimate of drug-likeness (QED) is 0.359. The molecule has 4 rings (SSSR count). The molecule has 0 radical (unpaired) electrons. The number of anilines is 1. The molecule has 1 amide bonds. The van der Waals surface area contributed by atoms with Crippen LogP contribution in [-0.2, 0) is 4.79 Å². The summed E-state index contributed by atoms with van der Waals surface area (Å²) < 4.78 is 5.82. The van der Waals surface area contributed by atoms with Crippen molar-refractivity contribution in [2.24, 2.45) is 0 Å². The van der Waals surface area contributed by atoms with Crippen LogP contribution in [0.2, 0.25) is 0 Å². The molecule has 1 N–H and O–H groups in total. The van der Waals surface area contributed by atoms with E-state index in [1.165, 1.54) is 5.56 Å². The number of rotatable bonds is 7. The maximum atomic E-state index is 12.7. The summed E-state index contributed by atoms with van der Waals surface area (Å²) in [6.45, 7) is 6.04. The first-order valence-electron chi connectivity index (χ1n) is 10.5. The van der Waals surface area contributed by atoms with Crippen LogP contribution in [0, 0.1) is 0 Å². The van der Waals surface area contributed by atoms with Gasteiger partial charge >= 0.3 is 0 Å². The second kappa shape index (κ2) is 9.75. The minimum Gasteiger partial charge on any atom is -0.481 e. The summed E-state index contributed by atoms with van der Waals surface area (Å²) in [6, 6.07) is 19.4. The first kappa shape index (κ1) is 21.7. The Bertz CT molecular complexity index is 1190. The lowest BCUT2D eigenvalue weighted by molar-refractivity contribution is -0.122. The lowest BCUT2D eigenvalue weighted by Gasteiger charge is -2.16. The van der Waals surface area contributed by atoms with Gasteiger partial charge in [-0.3, -0.25) is 9.78 Å². The van der Waals surface area contributed by atoms with E-state index in [1.807, 2.05) is 66.0 Å². The van der Waals surface area contributed by atoms with E-state index in [9.17, 15) is 4.79 Å². The Hall–Kier alpha value is -3.51. The Morgan fingerprint density at radius 1 is 0.969 bits per heavy atom. The van der Waals surface area contributed by atoms with Crippen molar-refractivity contribution in [3.05, 3.63) is 84.0 Å². The van der Waals surface area contributed by atoms with Crippen LogP contribution in [-0.4, -0.2) is 22.0 Å². The molecule has 0 saturated carbocycles. The molecule has 2 aromatic heterocycles. The predicted octanol–water partition coefficient (Wildman–Crippen LogP) is 6.40. The molecule has 6 heteroatoms. The number of amides is 1. The molecule has 2 heterocycles. The van der Waals surface area contributed by atoms with E-state index in [2.05, 4.69) is 24.1 Å². The fraction of sp³-hybridized carbons (Fsp3) is 0.192. The van der Waals surface area contributed by atoms with Gasteiger partial charge in [-0.25, -0.2) is 4.98 Å². The SMILES string of the molecule is CC(Oc1ccc(C(C)C)cc1)C(=O)Nc1cccc(-c2csc(-c3ccncc3)n2)c1. The van der Waals surface area contributed by atoms with E-state index in [4.69, 9.17) is 9.72 Å². The molecule has 0 aliphatic heterocycles. The van der Waals surface area contributed by atoms with Crippen molar-refractivity contribution >= 4 is 22.9 Å². The van der Waals surface area contributed by atoms with Gasteiger partial charge in [0.2, 0.25) is 0 Å². The summed E-state index contributed by atoms with van der Waals surface area (Å²) >= 11 is 1.58. The Labute approximate surface area is 192 Å². The van der Waals surface area contributed by atoms with Crippen LogP contribution >= 0.6 is 11.3 Å². The average molecular weight is 444 g/mol. The number of nitrogens with zero attached hydrogens (tertiary/aromatic N) is 2. The maximum absolute atomic E-state index is 12.7. The number of carbonyl (C=O) groups is 1. The van der Waals surface area contributed by atoms with Crippen molar-refractivity contribution in [3.8, 4) is 27.6 Å². The summed E-state index contributed by atoms with van der Waals surface area (Å²) in [5.74, 6) is 0.929. The molecular weight excluding hydrogens is 418 g/mol. The first-order valence-corrected chi connectivity index (χ1v) is 11.4. The van der Waals surface area contributed by atoms with Crippen molar-refractivity contribution in [3.63, 3.8) is 0 Å². The molecule has 0 aliphatic rings. The molecule has 0 spiro atoms. The van der Waals surface area contributed by atoms with Crippen molar-refractivity contribution in [1.29, 1.82) is 0 Å². The molecular formula is C26H25N3O2S. The van der Waals surface area contributed by atoms with Gasteiger partial charge in [0.1, 0.15) is 10.8 Å². The maximum Gasteiger partial charge on any atom is 0.265 e. The molecule has 0 bridgehead atoms. The number of nitrogens with one attached hydrogen (secondary N) is 1. The Balaban J connectivity index is 1.42. The predicted molar refractivity (Wildman–Crippen MR) is 130 cm³/mol. The van der Waals surface area contributed by atoms with Crippen molar-refractivity contribution < 1.29 is 9.53 Å². The number of benzene rings is 2. The molecule has 1 unspecified atom stereocenters. The highest BCUT2D eigenvalue weighted by molar-refractivity contribution is 7.13. The van der Waals surface area contributed by atoms with E-state index >= 15 is 0 Å². The smallest absolute Gasteiger partial charge is 0.265 e. The Morgan fingerprint density at radius 2 is 1.72 bits per heavy atom. The van der Waals surface area contributed by atoms with Crippen LogP contribution in [0.25, 0.3) is 21.8 Å². The fourth-order valence-corrected chi connectivity index (χ4v) is 4.06. The summed E-state index contributed by atoms with van der Waals surface area (Å²) in [7, 11) is 0. The number of hydrogen-bond donors (Lipinski definition) is 1. The molecule has 4 aromatic rings. The lowest BCUT2D eigenvalue weighted by atomic mass is 10.0. The lowest BCUT2D eigenvalue weighted by Crippen LogP contribution is -2.30. The number of hydrogen-bond acceptors (Lipinski definition) is 5. The summed E-state index contributed by atoms with van der Waals surface area (Å²) in [4.78, 5) is 21.5. The summed E-state index contributed by atoms with van der Waals surface area (Å²) in [5, 5.41) is 5.89. The molecule has 5 nitrogen and oxygen atoms in total. The van der Waals surface area contributed by atoms with Crippen LogP contribution in [0.15, 0.2) is 78.4 Å². The minimum atomic E-state index is -0.624. The highest BCUT2D eigenvalue weighted by Gasteiger charge is 2.16. The van der Waals surface area contributed by atoms with E-state index < -0.39 is 6.10 Å². The molecule has 0 fully saturated rings. The highest BCUT2D eigenvalue weighted by Crippen LogP contribution is 2.29. The first-order chi connectivity index (χ1) is 15.5. The average Bonchev–Trinajstić information content (AvgIpc) is 3.31. The number of carbonyl (C=O) groups excluding carboxylic acids is 1. The number of ether oxygens (including phenoxy) is 1. The van der Waals surface area contributed by atoms with Gasteiger partial charge in [0.05, 0.1) is 5.69 Å². The van der Waals surface area contributed by atoms with Crippen LogP contribution in [0.1, 0.15) is 32.3 Å². The van der Waals surface area contributed by atoms with Crippen molar-refractivity contribution in [2.45, 2.75) is 32.8 Å². The van der Waals surface area contributed by atoms with E-state index in [1.54, 1.807) is 30.7 Å². The van der Waals surface area contributed by atoms with Crippen LogP contribution < -0.4 is 10.1 Å². The van der Waals surface area contributed by atoms with Crippen molar-refractivity contribution in [1.82, 2.24) is 9.97 Å². The van der Waals surface area contributed by atoms with E-state index in [0.29, 0.717) is 17.4 Å². The standard InChI is InChI=1S/C26H25N3O2S/c1-17(2)19-7-9-23(10-8-19)31-18(3)25(30)28-22-6-4-5-21(15-22)24-16-32-26(29-24)20-11-13-27-14-12-20/h4-18H,1-3H3,(H,28,30). The Morgan fingerprint density at radius 3 is 2.44 bits per heavy atom. The fourth-order valence-electron chi connectivity index (χ4n) is 3.22. The molecule has 0 saturated heterocycles. The molecule has 2 aromatic carbocycles. The zero-order valence-corrected chi connectivity index (χ0v) is 19.1. The van der Waals surface area contributed by atoms with Crippen molar-refractivity contribution in [2.75, 3.05) is 5.32 Å². The normalized spacial score (nSPS) is 11.9. The molecule has 162 valence electrons. The van der Waals surface area contributed by atoms with Crippen LogP contribution in [0.5, 0.6) is 5.75 Å². The van der Waals surface area contributed by atoms with Gasteiger partial charge in [0.25, 0.3) is 5.91 Å². The minimum absolute atomic E-state index is 0.203. The third-order valence-electron chi connectivity index (χ3n) is 5.09. The van der Waals surface area contributed by atoms with Gasteiger partial charge in [0.15, 0.2) is 6.10 Å². The zero-order valence-electron chi connectivity index (χ0n) is 18.3. The second-order valence-electron chi connectivity index (χ2n) is 7.83. The molecule has 32 heavy (non-hydrogen) atoms. The van der Waals surface area contributed by atoms with Gasteiger partial charge in [-0.15, -0.1) is 11.3 Å². The van der Waals surface area contributed by atoms with Gasteiger partial charge in [-0.1, -0.05) is 38.1 Å². The number of thiazole rings is 1. The highest BCUT2D eigenvalue weighted by atomic mass is 32.1. The van der Waals surface area contributed by atoms with Gasteiger partial charge in [0, 0.05) is 34.6 Å². The molecule has 0 aliphatic carbocycles.